The van der Waals surface area contributed by atoms with E-state index in [1.54, 1.807) is 19.1 Å². The van der Waals surface area contributed by atoms with Gasteiger partial charge in [0.25, 0.3) is 5.91 Å². The number of aromatic amines is 1. The zero-order valence-electron chi connectivity index (χ0n) is 14.0. The Morgan fingerprint density at radius 1 is 1.32 bits per heavy atom. The van der Waals surface area contributed by atoms with E-state index in [0.29, 0.717) is 11.9 Å². The van der Waals surface area contributed by atoms with Crippen molar-refractivity contribution in [3.8, 4) is 0 Å². The summed E-state index contributed by atoms with van der Waals surface area (Å²) in [6, 6.07) is 6.47. The summed E-state index contributed by atoms with van der Waals surface area (Å²) in [6.07, 6.45) is 0. The van der Waals surface area contributed by atoms with Crippen molar-refractivity contribution in [2.45, 2.75) is 19.9 Å². The summed E-state index contributed by atoms with van der Waals surface area (Å²) in [5, 5.41) is 19.3. The van der Waals surface area contributed by atoms with E-state index in [0.717, 1.165) is 5.52 Å². The predicted molar refractivity (Wildman–Crippen MR) is 89.9 cm³/mol. The molecular formula is C17H20N4O4. The normalized spacial score (nSPS) is 21.3. The number of carbonyl (C=O) groups excluding carboxylic acids is 2. The van der Waals surface area contributed by atoms with E-state index in [9.17, 15) is 19.5 Å². The molecule has 3 atom stereocenters. The maximum Gasteiger partial charge on any atom is 0.308 e. The standard InChI is InChI=1S/C17H20N4O4/c1-9-7-21(8-12(9)17(24)25)16(23)10(2)18-15(22)14-11-5-3-4-6-13(11)19-20-14/h3-6,9-10,12H,7-8H2,1-2H3,(H,18,22)(H,19,20)(H,24,25)/t9-,10?,12-/m1/s1. The molecule has 1 aromatic heterocycles. The van der Waals surface area contributed by atoms with Crippen LogP contribution in [0, 0.1) is 11.8 Å². The van der Waals surface area contributed by atoms with Crippen LogP contribution in [0.25, 0.3) is 10.9 Å². The zero-order valence-corrected chi connectivity index (χ0v) is 14.0. The number of hydrogen-bond donors (Lipinski definition) is 3. The van der Waals surface area contributed by atoms with Crippen LogP contribution in [-0.2, 0) is 9.59 Å². The number of fused-ring (bicyclic) bond motifs is 1. The van der Waals surface area contributed by atoms with Crippen LogP contribution in [0.2, 0.25) is 0 Å². The number of hydrogen-bond acceptors (Lipinski definition) is 4. The van der Waals surface area contributed by atoms with Crippen LogP contribution in [-0.4, -0.2) is 57.1 Å². The van der Waals surface area contributed by atoms with Crippen LogP contribution in [0.5, 0.6) is 0 Å². The van der Waals surface area contributed by atoms with Crippen molar-refractivity contribution in [3.63, 3.8) is 0 Å². The van der Waals surface area contributed by atoms with E-state index in [1.807, 2.05) is 19.1 Å². The van der Waals surface area contributed by atoms with Crippen LogP contribution < -0.4 is 5.32 Å². The summed E-state index contributed by atoms with van der Waals surface area (Å²) in [7, 11) is 0. The number of H-pyrrole nitrogens is 1. The molecule has 2 amide bonds. The largest absolute Gasteiger partial charge is 0.481 e. The quantitative estimate of drug-likeness (QED) is 0.761. The number of aromatic nitrogens is 2. The Balaban J connectivity index is 1.67. The predicted octanol–water partition coefficient (Wildman–Crippen LogP) is 0.860. The summed E-state index contributed by atoms with van der Waals surface area (Å²) < 4.78 is 0. The SMILES string of the molecule is CC(NC(=O)c1n[nH]c2ccccc12)C(=O)N1C[C@@H](C)[C@H](C(=O)O)C1. The second-order valence-electron chi connectivity index (χ2n) is 6.48. The minimum Gasteiger partial charge on any atom is -0.481 e. The number of nitrogens with zero attached hydrogens (tertiary/aromatic N) is 2. The molecule has 3 N–H and O–H groups in total. The minimum absolute atomic E-state index is 0.111. The van der Waals surface area contributed by atoms with Gasteiger partial charge in [-0.25, -0.2) is 0 Å². The molecule has 8 heteroatoms. The minimum atomic E-state index is -0.900. The Bertz CT molecular complexity index is 831. The summed E-state index contributed by atoms with van der Waals surface area (Å²) in [5.74, 6) is -2.31. The van der Waals surface area contributed by atoms with Gasteiger partial charge in [0.2, 0.25) is 5.91 Å². The molecule has 1 aliphatic heterocycles. The lowest BCUT2D eigenvalue weighted by molar-refractivity contribution is -0.142. The molecule has 2 aromatic rings. The molecule has 3 rings (SSSR count). The molecule has 0 bridgehead atoms. The maximum atomic E-state index is 12.5. The molecule has 8 nitrogen and oxygen atoms in total. The van der Waals surface area contributed by atoms with E-state index in [-0.39, 0.29) is 24.1 Å². The van der Waals surface area contributed by atoms with E-state index in [4.69, 9.17) is 0 Å². The maximum absolute atomic E-state index is 12.5. The number of carboxylic acids is 1. The molecule has 1 aromatic carbocycles. The third-order valence-electron chi connectivity index (χ3n) is 4.64. The molecule has 0 spiro atoms. The lowest BCUT2D eigenvalue weighted by Crippen LogP contribution is -2.46. The molecule has 1 fully saturated rings. The van der Waals surface area contributed by atoms with Gasteiger partial charge in [-0.2, -0.15) is 5.10 Å². The van der Waals surface area contributed by atoms with Gasteiger partial charge < -0.3 is 15.3 Å². The van der Waals surface area contributed by atoms with Gasteiger partial charge >= 0.3 is 5.97 Å². The first kappa shape index (κ1) is 16.9. The first-order valence-corrected chi connectivity index (χ1v) is 8.14. The fourth-order valence-corrected chi connectivity index (χ4v) is 3.21. The van der Waals surface area contributed by atoms with Gasteiger partial charge in [-0.1, -0.05) is 25.1 Å². The summed E-state index contributed by atoms with van der Waals surface area (Å²) in [4.78, 5) is 37.6. The van der Waals surface area contributed by atoms with Gasteiger partial charge in [-0.3, -0.25) is 19.5 Å². The molecular weight excluding hydrogens is 324 g/mol. The van der Waals surface area contributed by atoms with E-state index in [1.165, 1.54) is 4.90 Å². The summed E-state index contributed by atoms with van der Waals surface area (Å²) in [5.41, 5.74) is 0.970. The zero-order chi connectivity index (χ0) is 18.1. The van der Waals surface area contributed by atoms with Crippen LogP contribution in [0.4, 0.5) is 0 Å². The highest BCUT2D eigenvalue weighted by Crippen LogP contribution is 2.23. The van der Waals surface area contributed by atoms with E-state index >= 15 is 0 Å². The van der Waals surface area contributed by atoms with Gasteiger partial charge in [-0.05, 0) is 18.9 Å². The highest BCUT2D eigenvalue weighted by molar-refractivity contribution is 6.05. The number of aliphatic carboxylic acids is 1. The van der Waals surface area contributed by atoms with Crippen molar-refractivity contribution in [3.05, 3.63) is 30.0 Å². The van der Waals surface area contributed by atoms with Crippen LogP contribution in [0.3, 0.4) is 0 Å². The Morgan fingerprint density at radius 3 is 2.72 bits per heavy atom. The van der Waals surface area contributed by atoms with Crippen molar-refractivity contribution in [2.24, 2.45) is 11.8 Å². The third-order valence-corrected chi connectivity index (χ3v) is 4.64. The number of benzene rings is 1. The van der Waals surface area contributed by atoms with E-state index < -0.39 is 23.8 Å². The molecule has 0 aliphatic carbocycles. The number of amides is 2. The third kappa shape index (κ3) is 3.19. The molecule has 1 saturated heterocycles. The topological polar surface area (TPSA) is 115 Å². The van der Waals surface area contributed by atoms with Crippen LogP contribution >= 0.6 is 0 Å². The first-order valence-electron chi connectivity index (χ1n) is 8.14. The molecule has 25 heavy (non-hydrogen) atoms. The first-order chi connectivity index (χ1) is 11.9. The second kappa shape index (κ2) is 6.54. The summed E-state index contributed by atoms with van der Waals surface area (Å²) in [6.45, 7) is 3.95. The van der Waals surface area contributed by atoms with Gasteiger partial charge in [-0.15, -0.1) is 0 Å². The Labute approximate surface area is 144 Å². The molecule has 2 heterocycles. The highest BCUT2D eigenvalue weighted by Gasteiger charge is 2.38. The van der Waals surface area contributed by atoms with Crippen molar-refractivity contribution < 1.29 is 19.5 Å². The van der Waals surface area contributed by atoms with Gasteiger partial charge in [0.1, 0.15) is 6.04 Å². The average molecular weight is 344 g/mol. The Hall–Kier alpha value is -2.90. The molecule has 0 radical (unpaired) electrons. The van der Waals surface area contributed by atoms with Crippen LogP contribution in [0.1, 0.15) is 24.3 Å². The van der Waals surface area contributed by atoms with Crippen LogP contribution in [0.15, 0.2) is 24.3 Å². The Kier molecular flexibility index (Phi) is 4.43. The monoisotopic (exact) mass is 344 g/mol. The molecule has 0 saturated carbocycles. The molecule has 132 valence electrons. The lowest BCUT2D eigenvalue weighted by atomic mass is 9.99. The average Bonchev–Trinajstić information content (AvgIpc) is 3.17. The smallest absolute Gasteiger partial charge is 0.308 e. The number of para-hydroxylation sites is 1. The second-order valence-corrected chi connectivity index (χ2v) is 6.48. The van der Waals surface area contributed by atoms with Gasteiger partial charge in [0.15, 0.2) is 5.69 Å². The molecule has 1 aliphatic rings. The number of likely N-dealkylation sites (tertiary alicyclic amines) is 1. The number of carboxylic acid groups (broad SMARTS) is 1. The van der Waals surface area contributed by atoms with Crippen molar-refractivity contribution >= 4 is 28.7 Å². The number of rotatable bonds is 4. The number of carbonyl (C=O) groups is 3. The molecule has 1 unspecified atom stereocenters. The van der Waals surface area contributed by atoms with Crippen molar-refractivity contribution in [1.29, 1.82) is 0 Å². The fourth-order valence-electron chi connectivity index (χ4n) is 3.21. The van der Waals surface area contributed by atoms with Gasteiger partial charge in [0.05, 0.1) is 11.4 Å². The summed E-state index contributed by atoms with van der Waals surface area (Å²) >= 11 is 0. The van der Waals surface area contributed by atoms with E-state index in [2.05, 4.69) is 15.5 Å². The van der Waals surface area contributed by atoms with Crippen molar-refractivity contribution in [1.82, 2.24) is 20.4 Å². The fraction of sp³-hybridized carbons (Fsp3) is 0.412. The number of nitrogens with one attached hydrogen (secondary N) is 2. The lowest BCUT2D eigenvalue weighted by Gasteiger charge is -2.21. The highest BCUT2D eigenvalue weighted by atomic mass is 16.4. The van der Waals surface area contributed by atoms with Crippen molar-refractivity contribution in [2.75, 3.05) is 13.1 Å². The Morgan fingerprint density at radius 2 is 2.04 bits per heavy atom. The van der Waals surface area contributed by atoms with Gasteiger partial charge in [0, 0.05) is 18.5 Å².